The predicted molar refractivity (Wildman–Crippen MR) is 133 cm³/mol. The second kappa shape index (κ2) is 8.23. The number of aromatic nitrogens is 1. The third-order valence-corrected chi connectivity index (χ3v) is 8.74. The van der Waals surface area contributed by atoms with Crippen LogP contribution in [0.2, 0.25) is 5.02 Å². The lowest BCUT2D eigenvalue weighted by molar-refractivity contribution is -0.124. The zero-order valence-corrected chi connectivity index (χ0v) is 19.8. The van der Waals surface area contributed by atoms with Crippen LogP contribution in [0.15, 0.2) is 53.5 Å². The van der Waals surface area contributed by atoms with E-state index in [1.807, 2.05) is 12.1 Å². The Labute approximate surface area is 203 Å². The number of hydrogen-bond donors (Lipinski definition) is 1. The Balaban J connectivity index is 1.25. The fraction of sp³-hybridized carbons (Fsp3) is 0.429. The van der Waals surface area contributed by atoms with Crippen molar-refractivity contribution in [2.75, 3.05) is 5.32 Å². The average Bonchev–Trinajstić information content (AvgIpc) is 2.77. The largest absolute Gasteiger partial charge is 0.325 e. The summed E-state index contributed by atoms with van der Waals surface area (Å²) in [6.07, 6.45) is 9.83. The van der Waals surface area contributed by atoms with Crippen LogP contribution < -0.4 is 10.9 Å². The monoisotopic (exact) mass is 478 g/mol. The van der Waals surface area contributed by atoms with E-state index < -0.39 is 5.82 Å². The van der Waals surface area contributed by atoms with Crippen LogP contribution in [-0.2, 0) is 11.3 Å². The van der Waals surface area contributed by atoms with Gasteiger partial charge in [-0.2, -0.15) is 0 Å². The molecule has 0 atom stereocenters. The first-order chi connectivity index (χ1) is 16.4. The lowest BCUT2D eigenvalue weighted by Gasteiger charge is -2.56. The summed E-state index contributed by atoms with van der Waals surface area (Å²) in [6, 6.07) is 11.7. The number of nitrogens with zero attached hydrogens (tertiary/aromatic N) is 1. The number of halogens is 2. The number of nitrogens with one attached hydrogen (secondary N) is 1. The maximum atomic E-state index is 14.2. The van der Waals surface area contributed by atoms with Crippen molar-refractivity contribution in [3.05, 3.63) is 75.4 Å². The van der Waals surface area contributed by atoms with Crippen LogP contribution in [0.5, 0.6) is 0 Å². The molecule has 4 saturated carbocycles. The zero-order chi connectivity index (χ0) is 23.4. The summed E-state index contributed by atoms with van der Waals surface area (Å²) < 4.78 is 15.7. The van der Waals surface area contributed by atoms with Crippen molar-refractivity contribution >= 4 is 34.0 Å². The highest BCUT2D eigenvalue weighted by Crippen LogP contribution is 2.61. The maximum Gasteiger partial charge on any atom is 0.258 e. The van der Waals surface area contributed by atoms with Crippen LogP contribution in [0.3, 0.4) is 0 Å². The molecule has 1 N–H and O–H groups in total. The maximum absolute atomic E-state index is 14.2. The number of pyridine rings is 1. The molecule has 4 aliphatic rings. The molecule has 34 heavy (non-hydrogen) atoms. The summed E-state index contributed by atoms with van der Waals surface area (Å²) in [4.78, 5) is 26.3. The van der Waals surface area contributed by atoms with Gasteiger partial charge in [0.25, 0.3) is 5.56 Å². The van der Waals surface area contributed by atoms with Crippen LogP contribution in [0.25, 0.3) is 10.8 Å². The Hall–Kier alpha value is -2.66. The minimum atomic E-state index is -0.440. The molecule has 4 bridgehead atoms. The predicted octanol–water partition coefficient (Wildman–Crippen LogP) is 6.39. The molecule has 176 valence electrons. The number of carbonyl (C=O) groups is 1. The smallest absolute Gasteiger partial charge is 0.258 e. The van der Waals surface area contributed by atoms with Gasteiger partial charge in [0.05, 0.1) is 6.54 Å². The Morgan fingerprint density at radius 1 is 1.00 bits per heavy atom. The molecule has 4 aliphatic carbocycles. The molecule has 4 nitrogen and oxygen atoms in total. The third-order valence-electron chi connectivity index (χ3n) is 8.38. The normalized spacial score (nSPS) is 27.3. The van der Waals surface area contributed by atoms with Gasteiger partial charge in [0.1, 0.15) is 5.82 Å². The molecule has 1 amide bonds. The molecule has 1 aromatic heterocycles. The van der Waals surface area contributed by atoms with Gasteiger partial charge in [0, 0.05) is 39.7 Å². The van der Waals surface area contributed by atoms with Gasteiger partial charge >= 0.3 is 0 Å². The molecule has 2 aromatic carbocycles. The minimum absolute atomic E-state index is 0.0387. The molecule has 0 unspecified atom stereocenters. The zero-order valence-electron chi connectivity index (χ0n) is 19.0. The molecule has 0 radical (unpaired) electrons. The van der Waals surface area contributed by atoms with Crippen LogP contribution in [-0.4, -0.2) is 10.5 Å². The summed E-state index contributed by atoms with van der Waals surface area (Å²) in [5.41, 5.74) is 0.856. The fourth-order valence-electron chi connectivity index (χ4n) is 7.45. The van der Waals surface area contributed by atoms with Crippen LogP contribution >= 0.6 is 11.6 Å². The van der Waals surface area contributed by atoms with Crippen LogP contribution in [0, 0.1) is 29.0 Å². The van der Waals surface area contributed by atoms with Gasteiger partial charge in [-0.25, -0.2) is 4.39 Å². The summed E-state index contributed by atoms with van der Waals surface area (Å²) >= 11 is 6.16. The van der Waals surface area contributed by atoms with Crippen LogP contribution in [0.1, 0.15) is 50.5 Å². The highest BCUT2D eigenvalue weighted by atomic mass is 35.5. The van der Waals surface area contributed by atoms with E-state index in [1.54, 1.807) is 30.5 Å². The van der Waals surface area contributed by atoms with Crippen molar-refractivity contribution < 1.29 is 9.18 Å². The quantitative estimate of drug-likeness (QED) is 0.462. The lowest BCUT2D eigenvalue weighted by atomic mass is 9.49. The van der Waals surface area contributed by atoms with Crippen molar-refractivity contribution in [1.82, 2.24) is 4.57 Å². The van der Waals surface area contributed by atoms with Gasteiger partial charge in [0.15, 0.2) is 0 Å². The first kappa shape index (κ1) is 21.8. The summed E-state index contributed by atoms with van der Waals surface area (Å²) in [5, 5.41) is 4.58. The van der Waals surface area contributed by atoms with Crippen molar-refractivity contribution in [3.63, 3.8) is 0 Å². The van der Waals surface area contributed by atoms with E-state index in [9.17, 15) is 14.0 Å². The molecule has 6 heteroatoms. The molecular formula is C28H28ClFN2O2. The Bertz CT molecular complexity index is 1290. The highest BCUT2D eigenvalue weighted by Gasteiger charge is 2.51. The Morgan fingerprint density at radius 3 is 2.35 bits per heavy atom. The van der Waals surface area contributed by atoms with Gasteiger partial charge in [-0.1, -0.05) is 23.7 Å². The van der Waals surface area contributed by atoms with Gasteiger partial charge in [0.2, 0.25) is 5.91 Å². The molecule has 0 aliphatic heterocycles. The number of hydrogen-bond acceptors (Lipinski definition) is 2. The molecule has 7 rings (SSSR count). The first-order valence-corrected chi connectivity index (χ1v) is 12.6. The standard InChI is InChI=1S/C28H28ClFN2O2/c29-23-4-2-5-24(30)22(23)16-32-8-7-20-21(27(32)34)3-1-6-25(20)31-26(33)15-28-12-17-9-18(13-28)11-19(10-17)14-28/h1-8,17-19H,9-16H2,(H,31,33). The van der Waals surface area contributed by atoms with E-state index in [-0.39, 0.29) is 34.0 Å². The van der Waals surface area contributed by atoms with E-state index in [1.165, 1.54) is 49.2 Å². The van der Waals surface area contributed by atoms with Gasteiger partial charge < -0.3 is 9.88 Å². The summed E-state index contributed by atoms with van der Waals surface area (Å²) in [7, 11) is 0. The first-order valence-electron chi connectivity index (χ1n) is 12.2. The van der Waals surface area contributed by atoms with E-state index in [0.29, 0.717) is 22.9 Å². The van der Waals surface area contributed by atoms with Crippen molar-refractivity contribution in [2.45, 2.75) is 51.5 Å². The van der Waals surface area contributed by atoms with Crippen molar-refractivity contribution in [3.8, 4) is 0 Å². The Morgan fingerprint density at radius 2 is 1.68 bits per heavy atom. The van der Waals surface area contributed by atoms with E-state index in [2.05, 4.69) is 5.32 Å². The summed E-state index contributed by atoms with van der Waals surface area (Å²) in [5.74, 6) is 2.01. The average molecular weight is 479 g/mol. The number of rotatable bonds is 5. The molecular weight excluding hydrogens is 451 g/mol. The van der Waals surface area contributed by atoms with E-state index in [0.717, 1.165) is 17.8 Å². The molecule has 0 saturated heterocycles. The number of carbonyl (C=O) groups excluding carboxylic acids is 1. The second-order valence-corrected chi connectivity index (χ2v) is 11.3. The molecule has 3 aromatic rings. The Kier molecular flexibility index (Phi) is 5.29. The van der Waals surface area contributed by atoms with Gasteiger partial charge in [-0.05, 0) is 92.0 Å². The lowest BCUT2D eigenvalue weighted by Crippen LogP contribution is -2.47. The van der Waals surface area contributed by atoms with Gasteiger partial charge in [-0.15, -0.1) is 0 Å². The number of benzene rings is 2. The highest BCUT2D eigenvalue weighted by molar-refractivity contribution is 6.31. The van der Waals surface area contributed by atoms with Gasteiger partial charge in [-0.3, -0.25) is 9.59 Å². The molecule has 1 heterocycles. The second-order valence-electron chi connectivity index (χ2n) is 10.9. The van der Waals surface area contributed by atoms with E-state index >= 15 is 0 Å². The van der Waals surface area contributed by atoms with Crippen LogP contribution in [0.4, 0.5) is 10.1 Å². The van der Waals surface area contributed by atoms with Crippen molar-refractivity contribution in [2.24, 2.45) is 23.2 Å². The fourth-order valence-corrected chi connectivity index (χ4v) is 7.67. The number of anilines is 1. The third kappa shape index (κ3) is 3.84. The SMILES string of the molecule is O=C(CC12CC3CC(CC(C3)C1)C2)Nc1cccc2c(=O)n(Cc3c(F)cccc3Cl)ccc12. The van der Waals surface area contributed by atoms with Crippen molar-refractivity contribution in [1.29, 1.82) is 0 Å². The molecule has 4 fully saturated rings. The topological polar surface area (TPSA) is 51.1 Å². The molecule has 0 spiro atoms. The number of amides is 1. The minimum Gasteiger partial charge on any atom is -0.325 e. The number of fused-ring (bicyclic) bond motifs is 1. The van der Waals surface area contributed by atoms with E-state index in [4.69, 9.17) is 11.6 Å². The summed E-state index contributed by atoms with van der Waals surface area (Å²) in [6.45, 7) is 0.0445.